The molecule has 0 aliphatic heterocycles. The van der Waals surface area contributed by atoms with Crippen LogP contribution in [0.4, 0.5) is 0 Å². The summed E-state index contributed by atoms with van der Waals surface area (Å²) in [6.07, 6.45) is 16.1. The van der Waals surface area contributed by atoms with E-state index in [0.717, 1.165) is 0 Å². The third-order valence-electron chi connectivity index (χ3n) is 6.32. The minimum Gasteiger partial charge on any atom is -0.140 e. The third-order valence-corrected chi connectivity index (χ3v) is 8.80. The molecule has 0 saturated carbocycles. The molecule has 0 N–H and O–H groups in total. The first-order valence-corrected chi connectivity index (χ1v) is 13.8. The van der Waals surface area contributed by atoms with E-state index < -0.39 is 0 Å². The van der Waals surface area contributed by atoms with Crippen molar-refractivity contribution in [3.05, 3.63) is 46.2 Å². The summed E-state index contributed by atoms with van der Waals surface area (Å²) < 4.78 is 2.99. The Morgan fingerprint density at radius 1 is 0.533 bits per heavy atom. The van der Waals surface area contributed by atoms with E-state index in [1.807, 2.05) is 22.7 Å². The van der Waals surface area contributed by atoms with Gasteiger partial charge in [-0.25, -0.2) is 0 Å². The van der Waals surface area contributed by atoms with E-state index in [9.17, 15) is 0 Å². The van der Waals surface area contributed by atoms with Crippen molar-refractivity contribution >= 4 is 53.6 Å². The van der Waals surface area contributed by atoms with Crippen LogP contribution >= 0.6 is 22.7 Å². The molecule has 2 aromatic heterocycles. The largest absolute Gasteiger partial charge is 0.140 e. The van der Waals surface area contributed by atoms with Crippen LogP contribution < -0.4 is 0 Å². The van der Waals surface area contributed by atoms with Gasteiger partial charge in [-0.3, -0.25) is 0 Å². The summed E-state index contributed by atoms with van der Waals surface area (Å²) in [4.78, 5) is 3.13. The SMILES string of the molecule is CCCCCCCc1cc2ccc3c(ccc4cc(CCCCCCC)sc43)c2s1. The zero-order valence-electron chi connectivity index (χ0n) is 18.8. The van der Waals surface area contributed by atoms with Gasteiger partial charge >= 0.3 is 0 Å². The smallest absolute Gasteiger partial charge is 0.0424 e. The molecule has 4 rings (SSSR count). The van der Waals surface area contributed by atoms with Gasteiger partial charge in [-0.05, 0) is 48.6 Å². The van der Waals surface area contributed by atoms with Gasteiger partial charge < -0.3 is 0 Å². The first-order valence-electron chi connectivity index (χ1n) is 12.2. The van der Waals surface area contributed by atoms with Crippen LogP contribution in [-0.4, -0.2) is 0 Å². The number of thiophene rings is 2. The van der Waals surface area contributed by atoms with Crippen LogP contribution in [0, 0.1) is 0 Å². The Morgan fingerprint density at radius 2 is 0.967 bits per heavy atom. The average molecular weight is 437 g/mol. The zero-order chi connectivity index (χ0) is 20.8. The van der Waals surface area contributed by atoms with Gasteiger partial charge in [0.05, 0.1) is 0 Å². The highest BCUT2D eigenvalue weighted by molar-refractivity contribution is 7.21. The second-order valence-electron chi connectivity index (χ2n) is 8.82. The van der Waals surface area contributed by atoms with Crippen molar-refractivity contribution < 1.29 is 0 Å². The molecule has 0 radical (unpaired) electrons. The molecule has 160 valence electrons. The highest BCUT2D eigenvalue weighted by atomic mass is 32.1. The fourth-order valence-corrected chi connectivity index (χ4v) is 7.01. The maximum absolute atomic E-state index is 2.44. The quantitative estimate of drug-likeness (QED) is 0.194. The molecule has 0 aliphatic rings. The Kier molecular flexibility index (Phi) is 7.84. The van der Waals surface area contributed by atoms with Gasteiger partial charge in [0.1, 0.15) is 0 Å². The van der Waals surface area contributed by atoms with Crippen LogP contribution in [0.1, 0.15) is 87.8 Å². The molecule has 2 aromatic carbocycles. The second kappa shape index (κ2) is 10.8. The van der Waals surface area contributed by atoms with Crippen molar-refractivity contribution in [2.24, 2.45) is 0 Å². The lowest BCUT2D eigenvalue weighted by Crippen LogP contribution is -1.81. The van der Waals surface area contributed by atoms with E-state index in [0.29, 0.717) is 0 Å². The van der Waals surface area contributed by atoms with Gasteiger partial charge in [0.15, 0.2) is 0 Å². The van der Waals surface area contributed by atoms with Crippen LogP contribution in [-0.2, 0) is 12.8 Å². The summed E-state index contributed by atoms with van der Waals surface area (Å²) in [5, 5.41) is 5.78. The zero-order valence-corrected chi connectivity index (χ0v) is 20.4. The van der Waals surface area contributed by atoms with E-state index in [4.69, 9.17) is 0 Å². The number of rotatable bonds is 12. The molecule has 4 aromatic rings. The summed E-state index contributed by atoms with van der Waals surface area (Å²) in [7, 11) is 0. The molecule has 30 heavy (non-hydrogen) atoms. The topological polar surface area (TPSA) is 0 Å². The van der Waals surface area contributed by atoms with Crippen LogP contribution in [0.5, 0.6) is 0 Å². The first kappa shape index (κ1) is 21.8. The predicted octanol–water partition coefficient (Wildman–Crippen LogP) is 10.3. The van der Waals surface area contributed by atoms with Gasteiger partial charge in [0, 0.05) is 29.9 Å². The molecule has 0 spiro atoms. The van der Waals surface area contributed by atoms with Crippen LogP contribution in [0.25, 0.3) is 30.9 Å². The fraction of sp³-hybridized carbons (Fsp3) is 0.500. The van der Waals surface area contributed by atoms with E-state index in [1.54, 1.807) is 9.75 Å². The number of hydrogen-bond donors (Lipinski definition) is 0. The predicted molar refractivity (Wildman–Crippen MR) is 140 cm³/mol. The Balaban J connectivity index is 1.52. The molecule has 0 amide bonds. The molecule has 0 saturated heterocycles. The molecule has 0 aliphatic carbocycles. The first-order chi connectivity index (χ1) is 14.8. The second-order valence-corrected chi connectivity index (χ2v) is 11.1. The number of aryl methyl sites for hydroxylation is 2. The highest BCUT2D eigenvalue weighted by Crippen LogP contribution is 2.39. The molecule has 0 nitrogen and oxygen atoms in total. The highest BCUT2D eigenvalue weighted by Gasteiger charge is 2.11. The summed E-state index contributed by atoms with van der Waals surface area (Å²) >= 11 is 4.06. The van der Waals surface area contributed by atoms with Gasteiger partial charge in [-0.1, -0.05) is 89.5 Å². The van der Waals surface area contributed by atoms with Crippen molar-refractivity contribution in [1.82, 2.24) is 0 Å². The van der Waals surface area contributed by atoms with E-state index in [-0.39, 0.29) is 0 Å². The lowest BCUT2D eigenvalue weighted by Gasteiger charge is -2.01. The molecule has 0 atom stereocenters. The van der Waals surface area contributed by atoms with Crippen molar-refractivity contribution in [3.8, 4) is 0 Å². The van der Waals surface area contributed by atoms with Gasteiger partial charge in [-0.2, -0.15) is 0 Å². The number of benzene rings is 2. The van der Waals surface area contributed by atoms with Gasteiger partial charge in [-0.15, -0.1) is 22.7 Å². The maximum Gasteiger partial charge on any atom is 0.0424 e. The minimum atomic E-state index is 1.24. The van der Waals surface area contributed by atoms with Crippen LogP contribution in [0.3, 0.4) is 0 Å². The summed E-state index contributed by atoms with van der Waals surface area (Å²) in [5.74, 6) is 0. The van der Waals surface area contributed by atoms with Crippen LogP contribution in [0.15, 0.2) is 36.4 Å². The standard InChI is InChI=1S/C28H36S2/c1-3-5-7-9-11-13-23-19-21-15-17-26-25(27(21)29-23)18-16-22-20-24(30-28(22)26)14-12-10-8-6-4-2/h15-20H,3-14H2,1-2H3. The monoisotopic (exact) mass is 436 g/mol. The summed E-state index contributed by atoms with van der Waals surface area (Å²) in [6.45, 7) is 4.58. The van der Waals surface area contributed by atoms with Crippen molar-refractivity contribution in [2.75, 3.05) is 0 Å². The van der Waals surface area contributed by atoms with Gasteiger partial charge in [0.2, 0.25) is 0 Å². The number of hydrogen-bond acceptors (Lipinski definition) is 2. The maximum atomic E-state index is 2.44. The normalized spacial score (nSPS) is 11.9. The molecule has 0 bridgehead atoms. The van der Waals surface area contributed by atoms with Crippen molar-refractivity contribution in [1.29, 1.82) is 0 Å². The average Bonchev–Trinajstić information content (AvgIpc) is 3.36. The van der Waals surface area contributed by atoms with Crippen molar-refractivity contribution in [3.63, 3.8) is 0 Å². The number of fused-ring (bicyclic) bond motifs is 5. The molecule has 0 fully saturated rings. The Labute approximate surface area is 190 Å². The lowest BCUT2D eigenvalue weighted by atomic mass is 10.1. The lowest BCUT2D eigenvalue weighted by molar-refractivity contribution is 0.634. The number of unbranched alkanes of at least 4 members (excludes halogenated alkanes) is 8. The minimum absolute atomic E-state index is 1.24. The molecular weight excluding hydrogens is 400 g/mol. The fourth-order valence-electron chi connectivity index (χ4n) is 4.56. The van der Waals surface area contributed by atoms with E-state index >= 15 is 0 Å². The van der Waals surface area contributed by atoms with Crippen LogP contribution in [0.2, 0.25) is 0 Å². The molecule has 2 heteroatoms. The van der Waals surface area contributed by atoms with Crippen molar-refractivity contribution in [2.45, 2.75) is 90.9 Å². The summed E-state index contributed by atoms with van der Waals surface area (Å²) in [5.41, 5.74) is 0. The summed E-state index contributed by atoms with van der Waals surface area (Å²) in [6, 6.07) is 14.4. The Bertz CT molecular complexity index is 995. The van der Waals surface area contributed by atoms with E-state index in [1.165, 1.54) is 108 Å². The van der Waals surface area contributed by atoms with Gasteiger partial charge in [0.25, 0.3) is 0 Å². The Morgan fingerprint density at radius 3 is 1.40 bits per heavy atom. The molecule has 0 unspecified atom stereocenters. The third kappa shape index (κ3) is 5.08. The Hall–Kier alpha value is -1.38. The molecular formula is C28H36S2. The van der Waals surface area contributed by atoms with E-state index in [2.05, 4.69) is 50.2 Å². The molecule has 2 heterocycles.